The summed E-state index contributed by atoms with van der Waals surface area (Å²) in [4.78, 5) is 12.2. The zero-order valence-corrected chi connectivity index (χ0v) is 15.5. The lowest BCUT2D eigenvalue weighted by atomic mass is 10.2. The molecule has 1 aliphatic heterocycles. The maximum atomic E-state index is 12.2. The zero-order valence-electron chi connectivity index (χ0n) is 14.7. The summed E-state index contributed by atoms with van der Waals surface area (Å²) in [6.07, 6.45) is 1.77. The lowest BCUT2D eigenvalue weighted by Gasteiger charge is -2.12. The second-order valence-corrected chi connectivity index (χ2v) is 6.55. The van der Waals surface area contributed by atoms with E-state index in [1.54, 1.807) is 12.1 Å². The molecular formula is C20H22ClNO4. The van der Waals surface area contributed by atoms with Gasteiger partial charge in [0.1, 0.15) is 5.75 Å². The predicted octanol–water partition coefficient (Wildman–Crippen LogP) is 4.61. The highest BCUT2D eigenvalue weighted by atomic mass is 35.5. The van der Waals surface area contributed by atoms with Crippen molar-refractivity contribution in [2.75, 3.05) is 25.1 Å². The first-order chi connectivity index (χ1) is 12.6. The van der Waals surface area contributed by atoms with E-state index in [1.807, 2.05) is 31.2 Å². The normalized spacial score (nSPS) is 13.0. The molecule has 1 amide bonds. The number of ether oxygens (including phenoxy) is 3. The number of hydrogen-bond donors (Lipinski definition) is 1. The van der Waals surface area contributed by atoms with Crippen LogP contribution in [0.1, 0.15) is 24.8 Å². The van der Waals surface area contributed by atoms with E-state index in [4.69, 9.17) is 25.8 Å². The van der Waals surface area contributed by atoms with Gasteiger partial charge in [-0.15, -0.1) is 0 Å². The van der Waals surface area contributed by atoms with E-state index < -0.39 is 0 Å². The molecule has 5 nitrogen and oxygen atoms in total. The molecule has 26 heavy (non-hydrogen) atoms. The smallest absolute Gasteiger partial charge is 0.224 e. The van der Waals surface area contributed by atoms with Gasteiger partial charge in [0.15, 0.2) is 11.5 Å². The monoisotopic (exact) mass is 375 g/mol. The first-order valence-corrected chi connectivity index (χ1v) is 9.08. The van der Waals surface area contributed by atoms with Crippen LogP contribution in [-0.2, 0) is 4.79 Å². The van der Waals surface area contributed by atoms with Crippen LogP contribution in [0.4, 0.5) is 5.69 Å². The van der Waals surface area contributed by atoms with Crippen LogP contribution in [0, 0.1) is 6.92 Å². The van der Waals surface area contributed by atoms with Gasteiger partial charge < -0.3 is 19.5 Å². The van der Waals surface area contributed by atoms with Crippen molar-refractivity contribution in [2.45, 2.75) is 26.2 Å². The molecule has 3 rings (SSSR count). The highest BCUT2D eigenvalue weighted by Gasteiger charge is 2.15. The molecule has 0 fully saturated rings. The molecule has 1 heterocycles. The van der Waals surface area contributed by atoms with Crippen molar-refractivity contribution in [1.82, 2.24) is 0 Å². The Balaban J connectivity index is 1.49. The Kier molecular flexibility index (Phi) is 6.23. The first kappa shape index (κ1) is 18.4. The Morgan fingerprint density at radius 1 is 1.19 bits per heavy atom. The summed E-state index contributed by atoms with van der Waals surface area (Å²) in [6.45, 7) is 3.67. The average Bonchev–Trinajstić information content (AvgIpc) is 2.84. The third-order valence-electron chi connectivity index (χ3n) is 3.92. The van der Waals surface area contributed by atoms with E-state index in [1.165, 1.54) is 0 Å². The van der Waals surface area contributed by atoms with Crippen LogP contribution in [-0.4, -0.2) is 25.7 Å². The number of fused-ring (bicyclic) bond motifs is 1. The van der Waals surface area contributed by atoms with Crippen molar-refractivity contribution in [3.63, 3.8) is 0 Å². The van der Waals surface area contributed by atoms with Crippen LogP contribution in [0.25, 0.3) is 0 Å². The average molecular weight is 376 g/mol. The number of carbonyl (C=O) groups is 1. The molecule has 1 N–H and O–H groups in total. The topological polar surface area (TPSA) is 56.8 Å². The Morgan fingerprint density at radius 3 is 2.73 bits per heavy atom. The Hall–Kier alpha value is -2.40. The van der Waals surface area contributed by atoms with Crippen LogP contribution in [0.15, 0.2) is 36.4 Å². The molecule has 0 aromatic heterocycles. The second-order valence-electron chi connectivity index (χ2n) is 6.15. The fourth-order valence-corrected chi connectivity index (χ4v) is 2.82. The van der Waals surface area contributed by atoms with Gasteiger partial charge in [0.2, 0.25) is 5.91 Å². The zero-order chi connectivity index (χ0) is 18.4. The van der Waals surface area contributed by atoms with Gasteiger partial charge in [-0.3, -0.25) is 4.79 Å². The van der Waals surface area contributed by atoms with Crippen LogP contribution in [0.5, 0.6) is 17.2 Å². The summed E-state index contributed by atoms with van der Waals surface area (Å²) in [6, 6.07) is 11.2. The van der Waals surface area contributed by atoms with Gasteiger partial charge in [0.05, 0.1) is 30.5 Å². The SMILES string of the molecule is Cc1cccc(OCCCC(=O)Nc2cc3c(cc2Cl)OCCCO3)c1. The number of halogens is 1. The molecule has 0 aliphatic carbocycles. The van der Waals surface area contributed by atoms with Crippen LogP contribution < -0.4 is 19.5 Å². The lowest BCUT2D eigenvalue weighted by molar-refractivity contribution is -0.116. The minimum atomic E-state index is -0.116. The summed E-state index contributed by atoms with van der Waals surface area (Å²) >= 11 is 6.24. The first-order valence-electron chi connectivity index (χ1n) is 8.70. The van der Waals surface area contributed by atoms with Crippen molar-refractivity contribution in [3.8, 4) is 17.2 Å². The Morgan fingerprint density at radius 2 is 1.96 bits per heavy atom. The summed E-state index contributed by atoms with van der Waals surface area (Å²) < 4.78 is 16.9. The minimum absolute atomic E-state index is 0.116. The molecule has 0 spiro atoms. The van der Waals surface area contributed by atoms with Crippen molar-refractivity contribution in [3.05, 3.63) is 47.0 Å². The van der Waals surface area contributed by atoms with Crippen molar-refractivity contribution in [2.24, 2.45) is 0 Å². The maximum absolute atomic E-state index is 12.2. The molecule has 0 bridgehead atoms. The molecular weight excluding hydrogens is 354 g/mol. The molecule has 0 radical (unpaired) electrons. The number of rotatable bonds is 6. The molecule has 0 atom stereocenters. The van der Waals surface area contributed by atoms with Gasteiger partial charge in [-0.2, -0.15) is 0 Å². The molecule has 0 saturated heterocycles. The molecule has 1 aliphatic rings. The Bertz CT molecular complexity index is 778. The van der Waals surface area contributed by atoms with Crippen LogP contribution >= 0.6 is 11.6 Å². The largest absolute Gasteiger partial charge is 0.494 e. The van der Waals surface area contributed by atoms with Gasteiger partial charge >= 0.3 is 0 Å². The van der Waals surface area contributed by atoms with E-state index in [0.29, 0.717) is 54.9 Å². The fraction of sp³-hybridized carbons (Fsp3) is 0.350. The summed E-state index contributed by atoms with van der Waals surface area (Å²) in [5, 5.41) is 3.26. The summed E-state index contributed by atoms with van der Waals surface area (Å²) in [5.74, 6) is 1.91. The van der Waals surface area contributed by atoms with Crippen molar-refractivity contribution < 1.29 is 19.0 Å². The maximum Gasteiger partial charge on any atom is 0.224 e. The fourth-order valence-electron chi connectivity index (χ4n) is 2.62. The van der Waals surface area contributed by atoms with E-state index in [2.05, 4.69) is 5.32 Å². The second kappa shape index (κ2) is 8.81. The number of carbonyl (C=O) groups excluding carboxylic acids is 1. The number of amides is 1. The molecule has 0 saturated carbocycles. The number of nitrogens with one attached hydrogen (secondary N) is 1. The van der Waals surface area contributed by atoms with Crippen molar-refractivity contribution in [1.29, 1.82) is 0 Å². The lowest BCUT2D eigenvalue weighted by Crippen LogP contribution is -2.13. The highest BCUT2D eigenvalue weighted by molar-refractivity contribution is 6.34. The Labute approximate surface area is 158 Å². The van der Waals surface area contributed by atoms with E-state index in [0.717, 1.165) is 17.7 Å². The van der Waals surface area contributed by atoms with Gasteiger partial charge in [-0.1, -0.05) is 23.7 Å². The van der Waals surface area contributed by atoms with Gasteiger partial charge in [0, 0.05) is 25.0 Å². The third-order valence-corrected chi connectivity index (χ3v) is 4.23. The number of benzene rings is 2. The van der Waals surface area contributed by atoms with Gasteiger partial charge in [-0.05, 0) is 31.0 Å². The van der Waals surface area contributed by atoms with Crippen LogP contribution in [0.3, 0.4) is 0 Å². The van der Waals surface area contributed by atoms with Crippen molar-refractivity contribution >= 4 is 23.2 Å². The third kappa shape index (κ3) is 5.05. The molecule has 138 valence electrons. The number of hydrogen-bond acceptors (Lipinski definition) is 4. The predicted molar refractivity (Wildman–Crippen MR) is 102 cm³/mol. The van der Waals surface area contributed by atoms with Crippen LogP contribution in [0.2, 0.25) is 5.02 Å². The van der Waals surface area contributed by atoms with Gasteiger partial charge in [-0.25, -0.2) is 0 Å². The molecule has 0 unspecified atom stereocenters. The van der Waals surface area contributed by atoms with E-state index >= 15 is 0 Å². The van der Waals surface area contributed by atoms with E-state index in [9.17, 15) is 4.79 Å². The number of anilines is 1. The summed E-state index contributed by atoms with van der Waals surface area (Å²) in [5.41, 5.74) is 1.67. The van der Waals surface area contributed by atoms with E-state index in [-0.39, 0.29) is 5.91 Å². The molecule has 6 heteroatoms. The number of aryl methyl sites for hydroxylation is 1. The quantitative estimate of drug-likeness (QED) is 0.749. The standard InChI is InChI=1S/C20H22ClNO4/c1-14-5-2-6-15(11-14)24-8-3-7-20(23)22-17-13-19-18(12-16(17)21)25-9-4-10-26-19/h2,5-6,11-13H,3-4,7-10H2,1H3,(H,22,23). The molecule has 2 aromatic rings. The minimum Gasteiger partial charge on any atom is -0.494 e. The highest BCUT2D eigenvalue weighted by Crippen LogP contribution is 2.37. The van der Waals surface area contributed by atoms with Gasteiger partial charge in [0.25, 0.3) is 0 Å². The molecule has 2 aromatic carbocycles. The summed E-state index contributed by atoms with van der Waals surface area (Å²) in [7, 11) is 0.